The first-order valence-corrected chi connectivity index (χ1v) is 5.63. The van der Waals surface area contributed by atoms with Gasteiger partial charge in [0.2, 0.25) is 0 Å². The minimum Gasteiger partial charge on any atom is -0.324 e. The zero-order valence-corrected chi connectivity index (χ0v) is 9.74. The summed E-state index contributed by atoms with van der Waals surface area (Å²) >= 11 is 0. The Balaban J connectivity index is 2.25. The minimum absolute atomic E-state index is 0.221. The number of hydrogen-bond acceptors (Lipinski definition) is 1. The van der Waals surface area contributed by atoms with Crippen LogP contribution in [0.2, 0.25) is 0 Å². The van der Waals surface area contributed by atoms with Gasteiger partial charge in [0.1, 0.15) is 0 Å². The van der Waals surface area contributed by atoms with Crippen LogP contribution >= 0.6 is 0 Å². The summed E-state index contributed by atoms with van der Waals surface area (Å²) in [5.41, 5.74) is 8.67. The summed E-state index contributed by atoms with van der Waals surface area (Å²) in [5, 5.41) is 0. The highest BCUT2D eigenvalue weighted by atomic mass is 14.6. The normalized spacial score (nSPS) is 12.2. The van der Waals surface area contributed by atoms with E-state index in [9.17, 15) is 0 Å². The molecule has 0 saturated heterocycles. The Morgan fingerprint density at radius 2 is 1.93 bits per heavy atom. The van der Waals surface area contributed by atoms with Gasteiger partial charge in [-0.1, -0.05) is 42.0 Å². The SMILES string of the molecule is CC(C)=CC(N)CCCc1ccccc1. The zero-order valence-electron chi connectivity index (χ0n) is 9.74. The number of nitrogens with two attached hydrogens (primary N) is 1. The summed E-state index contributed by atoms with van der Waals surface area (Å²) in [5.74, 6) is 0. The van der Waals surface area contributed by atoms with Crippen molar-refractivity contribution in [3.63, 3.8) is 0 Å². The Bertz CT molecular complexity index is 296. The van der Waals surface area contributed by atoms with Gasteiger partial charge in [-0.3, -0.25) is 0 Å². The van der Waals surface area contributed by atoms with Gasteiger partial charge >= 0.3 is 0 Å². The highest BCUT2D eigenvalue weighted by Gasteiger charge is 1.98. The van der Waals surface area contributed by atoms with Crippen LogP contribution in [0.1, 0.15) is 32.3 Å². The Morgan fingerprint density at radius 1 is 1.27 bits per heavy atom. The molecule has 1 rings (SSSR count). The van der Waals surface area contributed by atoms with E-state index in [4.69, 9.17) is 5.73 Å². The van der Waals surface area contributed by atoms with Gasteiger partial charge in [-0.25, -0.2) is 0 Å². The highest BCUT2D eigenvalue weighted by molar-refractivity contribution is 5.14. The van der Waals surface area contributed by atoms with E-state index >= 15 is 0 Å². The topological polar surface area (TPSA) is 26.0 Å². The number of benzene rings is 1. The molecule has 0 aliphatic carbocycles. The van der Waals surface area contributed by atoms with Crippen LogP contribution in [0.25, 0.3) is 0 Å². The predicted octanol–water partition coefficient (Wildman–Crippen LogP) is 3.30. The molecular weight excluding hydrogens is 182 g/mol. The maximum atomic E-state index is 5.96. The van der Waals surface area contributed by atoms with Crippen molar-refractivity contribution in [1.82, 2.24) is 0 Å². The second-order valence-electron chi connectivity index (χ2n) is 4.29. The molecule has 1 unspecified atom stereocenters. The molecule has 2 N–H and O–H groups in total. The lowest BCUT2D eigenvalue weighted by Gasteiger charge is -2.07. The third kappa shape index (κ3) is 5.38. The van der Waals surface area contributed by atoms with Crippen molar-refractivity contribution in [2.75, 3.05) is 0 Å². The van der Waals surface area contributed by atoms with E-state index in [1.807, 2.05) is 0 Å². The third-order valence-electron chi connectivity index (χ3n) is 2.39. The average molecular weight is 203 g/mol. The Morgan fingerprint density at radius 3 is 2.53 bits per heavy atom. The molecule has 0 radical (unpaired) electrons. The van der Waals surface area contributed by atoms with Crippen LogP contribution in [0.15, 0.2) is 42.0 Å². The number of allylic oxidation sites excluding steroid dienone is 1. The third-order valence-corrected chi connectivity index (χ3v) is 2.39. The fourth-order valence-electron chi connectivity index (χ4n) is 1.70. The summed E-state index contributed by atoms with van der Waals surface area (Å²) < 4.78 is 0. The largest absolute Gasteiger partial charge is 0.324 e. The van der Waals surface area contributed by atoms with Crippen LogP contribution in [0.5, 0.6) is 0 Å². The molecule has 1 heteroatoms. The van der Waals surface area contributed by atoms with Crippen molar-refractivity contribution in [3.05, 3.63) is 47.5 Å². The Kier molecular flexibility index (Phi) is 5.13. The van der Waals surface area contributed by atoms with E-state index in [1.54, 1.807) is 0 Å². The molecule has 0 bridgehead atoms. The molecule has 0 fully saturated rings. The van der Waals surface area contributed by atoms with Crippen LogP contribution in [0, 0.1) is 0 Å². The molecule has 82 valence electrons. The molecule has 0 heterocycles. The molecular formula is C14H21N. The molecule has 1 aromatic rings. The van der Waals surface area contributed by atoms with Crippen molar-refractivity contribution in [3.8, 4) is 0 Å². The lowest BCUT2D eigenvalue weighted by molar-refractivity contribution is 0.663. The van der Waals surface area contributed by atoms with E-state index in [2.05, 4.69) is 50.3 Å². The maximum Gasteiger partial charge on any atom is 0.0226 e. The van der Waals surface area contributed by atoms with E-state index in [0.29, 0.717) is 0 Å². The fourth-order valence-corrected chi connectivity index (χ4v) is 1.70. The quantitative estimate of drug-likeness (QED) is 0.730. The highest BCUT2D eigenvalue weighted by Crippen LogP contribution is 2.07. The summed E-state index contributed by atoms with van der Waals surface area (Å²) in [4.78, 5) is 0. The minimum atomic E-state index is 0.221. The Hall–Kier alpha value is -1.08. The smallest absolute Gasteiger partial charge is 0.0226 e. The van der Waals surface area contributed by atoms with Gasteiger partial charge in [0, 0.05) is 6.04 Å². The van der Waals surface area contributed by atoms with E-state index in [0.717, 1.165) is 19.3 Å². The number of rotatable bonds is 5. The molecule has 0 saturated carbocycles. The molecule has 0 amide bonds. The molecule has 0 aromatic heterocycles. The van der Waals surface area contributed by atoms with E-state index < -0.39 is 0 Å². The van der Waals surface area contributed by atoms with Crippen LogP contribution < -0.4 is 5.73 Å². The summed E-state index contributed by atoms with van der Waals surface area (Å²) in [7, 11) is 0. The van der Waals surface area contributed by atoms with Gasteiger partial charge in [-0.05, 0) is 38.7 Å². The van der Waals surface area contributed by atoms with Crippen molar-refractivity contribution < 1.29 is 0 Å². The first-order valence-electron chi connectivity index (χ1n) is 5.63. The maximum absolute atomic E-state index is 5.96. The van der Waals surface area contributed by atoms with Crippen molar-refractivity contribution in [2.45, 2.75) is 39.2 Å². The van der Waals surface area contributed by atoms with Crippen molar-refractivity contribution in [2.24, 2.45) is 5.73 Å². The zero-order chi connectivity index (χ0) is 11.1. The molecule has 1 aromatic carbocycles. The van der Waals surface area contributed by atoms with Crippen LogP contribution in [0.4, 0.5) is 0 Å². The van der Waals surface area contributed by atoms with Crippen molar-refractivity contribution >= 4 is 0 Å². The summed E-state index contributed by atoms with van der Waals surface area (Å²) in [6, 6.07) is 10.8. The lowest BCUT2D eigenvalue weighted by Crippen LogP contribution is -2.17. The lowest BCUT2D eigenvalue weighted by atomic mass is 10.0. The standard InChI is InChI=1S/C14H21N/c1-12(2)11-14(15)10-6-9-13-7-4-3-5-8-13/h3-5,7-8,11,14H,6,9-10,15H2,1-2H3. The molecule has 0 aliphatic heterocycles. The van der Waals surface area contributed by atoms with Gasteiger partial charge in [0.05, 0.1) is 0 Å². The average Bonchev–Trinajstić information content (AvgIpc) is 2.18. The molecule has 15 heavy (non-hydrogen) atoms. The number of hydrogen-bond donors (Lipinski definition) is 1. The van der Waals surface area contributed by atoms with Crippen LogP contribution in [-0.4, -0.2) is 6.04 Å². The van der Waals surface area contributed by atoms with Crippen LogP contribution in [0.3, 0.4) is 0 Å². The molecule has 0 spiro atoms. The molecule has 1 atom stereocenters. The van der Waals surface area contributed by atoms with Gasteiger partial charge < -0.3 is 5.73 Å². The van der Waals surface area contributed by atoms with Crippen molar-refractivity contribution in [1.29, 1.82) is 0 Å². The monoisotopic (exact) mass is 203 g/mol. The Labute approximate surface area is 93.0 Å². The first kappa shape index (κ1) is 12.0. The van der Waals surface area contributed by atoms with Gasteiger partial charge in [-0.15, -0.1) is 0 Å². The summed E-state index contributed by atoms with van der Waals surface area (Å²) in [6.45, 7) is 4.19. The van der Waals surface area contributed by atoms with Gasteiger partial charge in [0.15, 0.2) is 0 Å². The summed E-state index contributed by atoms with van der Waals surface area (Å²) in [6.07, 6.45) is 5.51. The van der Waals surface area contributed by atoms with Gasteiger partial charge in [0.25, 0.3) is 0 Å². The second-order valence-corrected chi connectivity index (χ2v) is 4.29. The predicted molar refractivity (Wildman–Crippen MR) is 66.8 cm³/mol. The molecule has 0 aliphatic rings. The van der Waals surface area contributed by atoms with E-state index in [1.165, 1.54) is 11.1 Å². The number of aryl methyl sites for hydroxylation is 1. The van der Waals surface area contributed by atoms with Gasteiger partial charge in [-0.2, -0.15) is 0 Å². The van der Waals surface area contributed by atoms with E-state index in [-0.39, 0.29) is 6.04 Å². The molecule has 1 nitrogen and oxygen atoms in total. The fraction of sp³-hybridized carbons (Fsp3) is 0.429. The van der Waals surface area contributed by atoms with Crippen LogP contribution in [-0.2, 0) is 6.42 Å². The second kappa shape index (κ2) is 6.41. The first-order chi connectivity index (χ1) is 7.18.